The van der Waals surface area contributed by atoms with E-state index in [1.54, 1.807) is 24.3 Å². The fraction of sp³-hybridized carbons (Fsp3) is 0.226. The quantitative estimate of drug-likeness (QED) is 0.287. The van der Waals surface area contributed by atoms with Crippen LogP contribution >= 0.6 is 0 Å². The summed E-state index contributed by atoms with van der Waals surface area (Å²) in [6.07, 6.45) is 1.43. The molecule has 1 fully saturated rings. The van der Waals surface area contributed by atoms with E-state index in [4.69, 9.17) is 10.5 Å². The molecule has 1 aromatic heterocycles. The first kappa shape index (κ1) is 27.6. The molecule has 41 heavy (non-hydrogen) atoms. The monoisotopic (exact) mass is 551 g/mol. The molecular formula is C31H33N7O3. The van der Waals surface area contributed by atoms with Crippen molar-refractivity contribution in [3.63, 3.8) is 0 Å². The second-order valence-corrected chi connectivity index (χ2v) is 10.1. The molecule has 5 rings (SSSR count). The van der Waals surface area contributed by atoms with E-state index in [1.807, 2.05) is 44.2 Å². The number of carbonyl (C=O) groups is 2. The van der Waals surface area contributed by atoms with Crippen LogP contribution in [0, 0.1) is 13.8 Å². The Balaban J connectivity index is 1.40. The summed E-state index contributed by atoms with van der Waals surface area (Å²) in [4.78, 5) is 38.5. The molecule has 2 amide bonds. The second-order valence-electron chi connectivity index (χ2n) is 10.1. The smallest absolute Gasteiger partial charge is 0.262 e. The van der Waals surface area contributed by atoms with Crippen LogP contribution in [0.25, 0.3) is 0 Å². The number of amides is 2. The van der Waals surface area contributed by atoms with Gasteiger partial charge in [-0.1, -0.05) is 18.2 Å². The topological polar surface area (TPSA) is 126 Å². The van der Waals surface area contributed by atoms with Crippen LogP contribution in [0.3, 0.4) is 0 Å². The van der Waals surface area contributed by atoms with Gasteiger partial charge in [0, 0.05) is 55.0 Å². The largest absolute Gasteiger partial charge is 0.438 e. The van der Waals surface area contributed by atoms with Crippen molar-refractivity contribution in [1.29, 1.82) is 0 Å². The van der Waals surface area contributed by atoms with Crippen molar-refractivity contribution in [3.8, 4) is 11.6 Å². The van der Waals surface area contributed by atoms with Gasteiger partial charge in [-0.25, -0.2) is 4.98 Å². The summed E-state index contributed by atoms with van der Waals surface area (Å²) < 4.78 is 6.03. The Morgan fingerprint density at radius 3 is 2.20 bits per heavy atom. The van der Waals surface area contributed by atoms with E-state index in [0.717, 1.165) is 54.4 Å². The Kier molecular flexibility index (Phi) is 8.11. The van der Waals surface area contributed by atoms with Crippen LogP contribution in [0.15, 0.2) is 72.9 Å². The molecule has 0 saturated carbocycles. The zero-order valence-electron chi connectivity index (χ0n) is 23.3. The lowest BCUT2D eigenvalue weighted by atomic mass is 10.1. The van der Waals surface area contributed by atoms with Crippen LogP contribution in [0.2, 0.25) is 0 Å². The van der Waals surface area contributed by atoms with Gasteiger partial charge in [0.2, 0.25) is 17.7 Å². The number of aryl methyl sites for hydroxylation is 2. The van der Waals surface area contributed by atoms with Gasteiger partial charge in [-0.05, 0) is 80.6 Å². The summed E-state index contributed by atoms with van der Waals surface area (Å²) >= 11 is 0. The summed E-state index contributed by atoms with van der Waals surface area (Å²) in [7, 11) is 2.14. The van der Waals surface area contributed by atoms with E-state index in [2.05, 4.69) is 49.6 Å². The van der Waals surface area contributed by atoms with Gasteiger partial charge in [0.1, 0.15) is 11.3 Å². The molecule has 2 heterocycles. The zero-order chi connectivity index (χ0) is 28.9. The van der Waals surface area contributed by atoms with E-state index in [9.17, 15) is 9.59 Å². The van der Waals surface area contributed by atoms with Gasteiger partial charge < -0.3 is 30.9 Å². The lowest BCUT2D eigenvalue weighted by Crippen LogP contribution is -2.44. The van der Waals surface area contributed by atoms with E-state index in [1.165, 1.54) is 6.20 Å². The molecule has 3 aromatic carbocycles. The highest BCUT2D eigenvalue weighted by Crippen LogP contribution is 2.28. The number of aromatic nitrogens is 2. The van der Waals surface area contributed by atoms with Crippen molar-refractivity contribution in [1.82, 2.24) is 14.9 Å². The van der Waals surface area contributed by atoms with Gasteiger partial charge in [-0.2, -0.15) is 4.98 Å². The van der Waals surface area contributed by atoms with Gasteiger partial charge in [0.25, 0.3) is 5.91 Å². The molecule has 4 aromatic rings. The SMILES string of the molecule is Cc1cccc(C)c1NC(=O)c1cnc(Nc2ccc(N3CCN(C)CC3)cc2)nc1Oc1ccc(C(N)=O)cc1. The molecule has 0 spiro atoms. The maximum atomic E-state index is 13.4. The first-order valence-electron chi connectivity index (χ1n) is 13.4. The summed E-state index contributed by atoms with van der Waals surface area (Å²) in [5.74, 6) is -0.235. The van der Waals surface area contributed by atoms with Crippen molar-refractivity contribution in [2.24, 2.45) is 5.73 Å². The van der Waals surface area contributed by atoms with Gasteiger partial charge in [-0.3, -0.25) is 9.59 Å². The number of hydrogen-bond donors (Lipinski definition) is 3. The fourth-order valence-electron chi connectivity index (χ4n) is 4.60. The molecule has 1 aliphatic rings. The van der Waals surface area contributed by atoms with E-state index in [0.29, 0.717) is 11.3 Å². The molecule has 0 unspecified atom stereocenters. The average Bonchev–Trinajstić information content (AvgIpc) is 2.96. The molecule has 0 radical (unpaired) electrons. The lowest BCUT2D eigenvalue weighted by molar-refractivity contribution is 0.0997. The number of rotatable bonds is 8. The molecule has 4 N–H and O–H groups in total. The molecule has 0 aliphatic carbocycles. The maximum Gasteiger partial charge on any atom is 0.262 e. The molecule has 210 valence electrons. The standard InChI is InChI=1S/C31H33N7O3/c1-20-5-4-6-21(2)27(20)35-29(40)26-19-33-31(36-30(26)41-25-13-7-22(8-14-25)28(32)39)34-23-9-11-24(12-10-23)38-17-15-37(3)16-18-38/h4-14,19H,15-18H2,1-3H3,(H2,32,39)(H,35,40)(H,33,34,36). The third kappa shape index (κ3) is 6.62. The molecule has 1 saturated heterocycles. The number of carbonyl (C=O) groups excluding carboxylic acids is 2. The normalized spacial score (nSPS) is 13.5. The van der Waals surface area contributed by atoms with Crippen LogP contribution < -0.4 is 26.0 Å². The van der Waals surface area contributed by atoms with E-state index >= 15 is 0 Å². The lowest BCUT2D eigenvalue weighted by Gasteiger charge is -2.34. The average molecular weight is 552 g/mol. The Labute approximate surface area is 239 Å². The third-order valence-corrected chi connectivity index (χ3v) is 7.06. The molecule has 10 nitrogen and oxygen atoms in total. The minimum Gasteiger partial charge on any atom is -0.438 e. The number of anilines is 4. The Morgan fingerprint density at radius 2 is 1.56 bits per heavy atom. The number of primary amides is 1. The van der Waals surface area contributed by atoms with Crippen molar-refractivity contribution in [3.05, 3.63) is 95.2 Å². The van der Waals surface area contributed by atoms with Crippen LogP contribution in [-0.4, -0.2) is 59.9 Å². The molecule has 0 atom stereocenters. The van der Waals surface area contributed by atoms with Gasteiger partial charge in [0.15, 0.2) is 0 Å². The summed E-state index contributed by atoms with van der Waals surface area (Å²) in [5.41, 5.74) is 10.4. The molecule has 1 aliphatic heterocycles. The van der Waals surface area contributed by atoms with Gasteiger partial charge in [-0.15, -0.1) is 0 Å². The summed E-state index contributed by atoms with van der Waals surface area (Å²) in [6, 6.07) is 20.2. The van der Waals surface area contributed by atoms with Crippen molar-refractivity contribution >= 4 is 34.8 Å². The van der Waals surface area contributed by atoms with Crippen molar-refractivity contribution in [2.45, 2.75) is 13.8 Å². The van der Waals surface area contributed by atoms with E-state index < -0.39 is 11.8 Å². The van der Waals surface area contributed by atoms with Crippen LogP contribution in [0.1, 0.15) is 31.8 Å². The second kappa shape index (κ2) is 12.1. The van der Waals surface area contributed by atoms with Crippen molar-refractivity contribution < 1.29 is 14.3 Å². The third-order valence-electron chi connectivity index (χ3n) is 7.06. The summed E-state index contributed by atoms with van der Waals surface area (Å²) in [6.45, 7) is 7.90. The molecule has 10 heteroatoms. The van der Waals surface area contributed by atoms with Crippen LogP contribution in [0.4, 0.5) is 23.0 Å². The predicted molar refractivity (Wildman–Crippen MR) is 160 cm³/mol. The number of hydrogen-bond acceptors (Lipinski definition) is 8. The predicted octanol–water partition coefficient (Wildman–Crippen LogP) is 4.73. The number of nitrogens with two attached hydrogens (primary N) is 1. The molecular weight excluding hydrogens is 518 g/mol. The van der Waals surface area contributed by atoms with Crippen molar-refractivity contribution in [2.75, 3.05) is 48.8 Å². The van der Waals surface area contributed by atoms with Gasteiger partial charge in [0.05, 0.1) is 0 Å². The maximum absolute atomic E-state index is 13.4. The highest BCUT2D eigenvalue weighted by Gasteiger charge is 2.20. The minimum absolute atomic E-state index is 0.0621. The van der Waals surface area contributed by atoms with Crippen LogP contribution in [-0.2, 0) is 0 Å². The van der Waals surface area contributed by atoms with Crippen LogP contribution in [0.5, 0.6) is 11.6 Å². The summed E-state index contributed by atoms with van der Waals surface area (Å²) in [5, 5.41) is 6.17. The number of benzene rings is 3. The number of nitrogens with zero attached hydrogens (tertiary/aromatic N) is 4. The minimum atomic E-state index is -0.544. The Bertz CT molecular complexity index is 1530. The van der Waals surface area contributed by atoms with Gasteiger partial charge >= 0.3 is 0 Å². The first-order valence-corrected chi connectivity index (χ1v) is 13.4. The zero-order valence-corrected chi connectivity index (χ0v) is 23.3. The number of piperazine rings is 1. The number of para-hydroxylation sites is 1. The Hall–Kier alpha value is -4.96. The number of ether oxygens (including phenoxy) is 1. The Morgan fingerprint density at radius 1 is 0.902 bits per heavy atom. The number of nitrogens with one attached hydrogen (secondary N) is 2. The first-order chi connectivity index (χ1) is 19.8. The highest BCUT2D eigenvalue weighted by atomic mass is 16.5. The fourth-order valence-corrected chi connectivity index (χ4v) is 4.60. The highest BCUT2D eigenvalue weighted by molar-refractivity contribution is 6.06. The van der Waals surface area contributed by atoms with E-state index in [-0.39, 0.29) is 17.4 Å². The molecule has 0 bridgehead atoms. The number of likely N-dealkylation sites (N-methyl/N-ethyl adjacent to an activating group) is 1.